The summed E-state index contributed by atoms with van der Waals surface area (Å²) in [5.41, 5.74) is 0.887. The van der Waals surface area contributed by atoms with Crippen LogP contribution in [-0.2, 0) is 9.53 Å². The Balaban J connectivity index is 2.08. The van der Waals surface area contributed by atoms with Gasteiger partial charge < -0.3 is 15.0 Å². The summed E-state index contributed by atoms with van der Waals surface area (Å²) < 4.78 is 5.28. The van der Waals surface area contributed by atoms with Crippen molar-refractivity contribution >= 4 is 29.1 Å². The van der Waals surface area contributed by atoms with Crippen LogP contribution in [-0.4, -0.2) is 43.7 Å². The van der Waals surface area contributed by atoms with E-state index in [1.165, 1.54) is 0 Å². The van der Waals surface area contributed by atoms with E-state index in [1.54, 1.807) is 31.2 Å². The third kappa shape index (κ3) is 3.69. The molecule has 0 bridgehead atoms. The number of methoxy groups -OCH3 is 1. The van der Waals surface area contributed by atoms with Gasteiger partial charge in [-0.1, -0.05) is 29.3 Å². The molecule has 0 spiro atoms. The lowest BCUT2D eigenvalue weighted by molar-refractivity contribution is -0.133. The number of halogens is 2. The van der Waals surface area contributed by atoms with Crippen LogP contribution in [0.2, 0.25) is 10.0 Å². The summed E-state index contributed by atoms with van der Waals surface area (Å²) in [6.07, 6.45) is 0.794. The smallest absolute Gasteiger partial charge is 0.240 e. The van der Waals surface area contributed by atoms with Crippen molar-refractivity contribution < 1.29 is 9.53 Å². The largest absolute Gasteiger partial charge is 0.380 e. The summed E-state index contributed by atoms with van der Waals surface area (Å²) in [7, 11) is 3.46. The second kappa shape index (κ2) is 6.97. The number of benzene rings is 1. The van der Waals surface area contributed by atoms with E-state index in [1.807, 2.05) is 13.0 Å². The van der Waals surface area contributed by atoms with Gasteiger partial charge in [-0.05, 0) is 31.0 Å². The van der Waals surface area contributed by atoms with Crippen molar-refractivity contribution in [3.63, 3.8) is 0 Å². The van der Waals surface area contributed by atoms with Crippen molar-refractivity contribution in [2.24, 2.45) is 0 Å². The quantitative estimate of drug-likeness (QED) is 0.922. The SMILES string of the molecule is COC1CNC(C(=O)N(C)C(C)c2ccc(Cl)cc2Cl)C1. The van der Waals surface area contributed by atoms with Crippen LogP contribution in [0.15, 0.2) is 18.2 Å². The van der Waals surface area contributed by atoms with Gasteiger partial charge in [0.25, 0.3) is 0 Å². The Morgan fingerprint density at radius 1 is 1.48 bits per heavy atom. The number of rotatable bonds is 4. The summed E-state index contributed by atoms with van der Waals surface area (Å²) in [6, 6.07) is 5.02. The van der Waals surface area contributed by atoms with Crippen LogP contribution >= 0.6 is 23.2 Å². The van der Waals surface area contributed by atoms with Crippen LogP contribution in [0.3, 0.4) is 0 Å². The number of amides is 1. The van der Waals surface area contributed by atoms with Crippen LogP contribution in [0.5, 0.6) is 0 Å². The molecule has 1 aliphatic rings. The fourth-order valence-corrected chi connectivity index (χ4v) is 3.12. The van der Waals surface area contributed by atoms with Crippen LogP contribution in [0.25, 0.3) is 0 Å². The first kappa shape index (κ1) is 16.6. The molecule has 0 saturated carbocycles. The average Bonchev–Trinajstić information content (AvgIpc) is 2.94. The highest BCUT2D eigenvalue weighted by atomic mass is 35.5. The minimum absolute atomic E-state index is 0.0491. The number of likely N-dealkylation sites (N-methyl/N-ethyl adjacent to an activating group) is 1. The monoisotopic (exact) mass is 330 g/mol. The molecule has 3 unspecified atom stereocenters. The first-order chi connectivity index (χ1) is 9.93. The van der Waals surface area contributed by atoms with E-state index in [9.17, 15) is 4.79 Å². The van der Waals surface area contributed by atoms with E-state index >= 15 is 0 Å². The fraction of sp³-hybridized carbons (Fsp3) is 0.533. The first-order valence-corrected chi connectivity index (χ1v) is 7.67. The summed E-state index contributed by atoms with van der Waals surface area (Å²) in [5, 5.41) is 4.36. The third-order valence-electron chi connectivity index (χ3n) is 4.06. The Bertz CT molecular complexity index is 524. The maximum Gasteiger partial charge on any atom is 0.240 e. The van der Waals surface area contributed by atoms with E-state index in [0.29, 0.717) is 23.0 Å². The van der Waals surface area contributed by atoms with E-state index in [0.717, 1.165) is 5.56 Å². The van der Waals surface area contributed by atoms with Gasteiger partial charge in [-0.3, -0.25) is 4.79 Å². The van der Waals surface area contributed by atoms with Gasteiger partial charge in [0.2, 0.25) is 5.91 Å². The lowest BCUT2D eigenvalue weighted by atomic mass is 10.1. The van der Waals surface area contributed by atoms with E-state index in [-0.39, 0.29) is 24.1 Å². The van der Waals surface area contributed by atoms with Gasteiger partial charge in [-0.15, -0.1) is 0 Å². The number of carbonyl (C=O) groups is 1. The van der Waals surface area contributed by atoms with E-state index in [4.69, 9.17) is 27.9 Å². The molecule has 4 nitrogen and oxygen atoms in total. The molecule has 2 rings (SSSR count). The molecule has 1 amide bonds. The second-order valence-electron chi connectivity index (χ2n) is 5.35. The van der Waals surface area contributed by atoms with Crippen molar-refractivity contribution in [3.8, 4) is 0 Å². The molecule has 116 valence electrons. The summed E-state index contributed by atoms with van der Waals surface area (Å²) >= 11 is 12.1. The molecular weight excluding hydrogens is 311 g/mol. The molecule has 1 N–H and O–H groups in total. The van der Waals surface area contributed by atoms with Crippen molar-refractivity contribution in [2.75, 3.05) is 20.7 Å². The zero-order valence-corrected chi connectivity index (χ0v) is 13.9. The van der Waals surface area contributed by atoms with Gasteiger partial charge in [0, 0.05) is 30.7 Å². The zero-order valence-electron chi connectivity index (χ0n) is 12.4. The predicted octanol–water partition coefficient (Wildman–Crippen LogP) is 2.89. The highest BCUT2D eigenvalue weighted by Crippen LogP contribution is 2.29. The molecule has 3 atom stereocenters. The minimum atomic E-state index is -0.200. The van der Waals surface area contributed by atoms with Gasteiger partial charge in [-0.25, -0.2) is 0 Å². The number of nitrogens with zero attached hydrogens (tertiary/aromatic N) is 1. The van der Waals surface area contributed by atoms with Crippen molar-refractivity contribution in [3.05, 3.63) is 33.8 Å². The van der Waals surface area contributed by atoms with Crippen LogP contribution in [0.1, 0.15) is 24.9 Å². The first-order valence-electron chi connectivity index (χ1n) is 6.91. The van der Waals surface area contributed by atoms with Gasteiger partial charge in [0.1, 0.15) is 0 Å². The third-order valence-corrected chi connectivity index (χ3v) is 4.63. The average molecular weight is 331 g/mol. The fourth-order valence-electron chi connectivity index (χ4n) is 2.56. The van der Waals surface area contributed by atoms with Gasteiger partial charge in [-0.2, -0.15) is 0 Å². The maximum absolute atomic E-state index is 12.5. The molecule has 1 aliphatic heterocycles. The molecule has 1 aromatic carbocycles. The number of nitrogens with one attached hydrogen (secondary N) is 1. The van der Waals surface area contributed by atoms with Crippen molar-refractivity contribution in [2.45, 2.75) is 31.5 Å². The molecule has 1 saturated heterocycles. The summed E-state index contributed by atoms with van der Waals surface area (Å²) in [5.74, 6) is 0.0491. The molecule has 1 fully saturated rings. The zero-order chi connectivity index (χ0) is 15.6. The van der Waals surface area contributed by atoms with Crippen molar-refractivity contribution in [1.29, 1.82) is 0 Å². The molecule has 0 aliphatic carbocycles. The minimum Gasteiger partial charge on any atom is -0.380 e. The molecule has 0 radical (unpaired) electrons. The molecule has 21 heavy (non-hydrogen) atoms. The van der Waals surface area contributed by atoms with E-state index < -0.39 is 0 Å². The number of hydrogen-bond acceptors (Lipinski definition) is 3. The standard InChI is InChI=1S/C15H20Cl2N2O2/c1-9(12-5-4-10(16)6-13(12)17)19(2)15(20)14-7-11(21-3)8-18-14/h4-6,9,11,14,18H,7-8H2,1-3H3. The summed E-state index contributed by atoms with van der Waals surface area (Å²) in [6.45, 7) is 2.66. The maximum atomic E-state index is 12.5. The Kier molecular flexibility index (Phi) is 5.49. The molecular formula is C15H20Cl2N2O2. The normalized spacial score (nSPS) is 23.1. The van der Waals surface area contributed by atoms with Crippen LogP contribution in [0, 0.1) is 0 Å². The number of carbonyl (C=O) groups excluding carboxylic acids is 1. The highest BCUT2D eigenvalue weighted by Gasteiger charge is 2.33. The summed E-state index contributed by atoms with van der Waals surface area (Å²) in [4.78, 5) is 14.3. The lowest BCUT2D eigenvalue weighted by Crippen LogP contribution is -2.42. The molecule has 1 heterocycles. The van der Waals surface area contributed by atoms with Gasteiger partial charge in [0.05, 0.1) is 18.2 Å². The van der Waals surface area contributed by atoms with Crippen LogP contribution in [0.4, 0.5) is 0 Å². The topological polar surface area (TPSA) is 41.6 Å². The second-order valence-corrected chi connectivity index (χ2v) is 6.19. The number of ether oxygens (including phenoxy) is 1. The lowest BCUT2D eigenvalue weighted by Gasteiger charge is -2.28. The Morgan fingerprint density at radius 3 is 2.76 bits per heavy atom. The molecule has 1 aromatic rings. The molecule has 0 aromatic heterocycles. The Hall–Kier alpha value is -0.810. The van der Waals surface area contributed by atoms with Crippen LogP contribution < -0.4 is 5.32 Å². The van der Waals surface area contributed by atoms with Crippen molar-refractivity contribution in [1.82, 2.24) is 10.2 Å². The predicted molar refractivity (Wildman–Crippen MR) is 84.9 cm³/mol. The Morgan fingerprint density at radius 2 is 2.19 bits per heavy atom. The highest BCUT2D eigenvalue weighted by molar-refractivity contribution is 6.35. The van der Waals surface area contributed by atoms with E-state index in [2.05, 4.69) is 5.32 Å². The van der Waals surface area contributed by atoms with Gasteiger partial charge in [0.15, 0.2) is 0 Å². The molecule has 6 heteroatoms. The Labute approximate surface area is 135 Å². The van der Waals surface area contributed by atoms with Gasteiger partial charge >= 0.3 is 0 Å². The number of hydrogen-bond donors (Lipinski definition) is 1.